The number of rotatable bonds is 2. The molecule has 0 unspecified atom stereocenters. The lowest BCUT2D eigenvalue weighted by atomic mass is 9.78. The first-order valence-electron chi connectivity index (χ1n) is 8.32. The summed E-state index contributed by atoms with van der Waals surface area (Å²) in [4.78, 5) is 29.2. The molecule has 1 spiro atoms. The highest BCUT2D eigenvalue weighted by molar-refractivity contribution is 5.94. The van der Waals surface area contributed by atoms with E-state index in [2.05, 4.69) is 4.57 Å². The van der Waals surface area contributed by atoms with Crippen LogP contribution in [0.15, 0.2) is 18.3 Å². The van der Waals surface area contributed by atoms with Gasteiger partial charge in [0.1, 0.15) is 5.69 Å². The third-order valence-electron chi connectivity index (χ3n) is 5.53. The molecular formula is C17H23N3O2. The van der Waals surface area contributed by atoms with E-state index in [1.807, 2.05) is 35.2 Å². The number of aromatic nitrogens is 1. The van der Waals surface area contributed by atoms with Crippen molar-refractivity contribution in [2.75, 3.05) is 26.7 Å². The maximum Gasteiger partial charge on any atom is 0.270 e. The Kier molecular flexibility index (Phi) is 3.06. The molecule has 5 heteroatoms. The highest BCUT2D eigenvalue weighted by Gasteiger charge is 2.49. The summed E-state index contributed by atoms with van der Waals surface area (Å²) in [7, 11) is 1.88. The van der Waals surface area contributed by atoms with E-state index in [1.165, 1.54) is 12.8 Å². The molecule has 118 valence electrons. The van der Waals surface area contributed by atoms with E-state index in [1.54, 1.807) is 0 Å². The molecule has 22 heavy (non-hydrogen) atoms. The van der Waals surface area contributed by atoms with Gasteiger partial charge < -0.3 is 14.4 Å². The Labute approximate surface area is 130 Å². The van der Waals surface area contributed by atoms with Gasteiger partial charge in [0.2, 0.25) is 5.91 Å². The monoisotopic (exact) mass is 301 g/mol. The fourth-order valence-electron chi connectivity index (χ4n) is 4.10. The second kappa shape index (κ2) is 4.86. The number of carbonyl (C=O) groups is 2. The fraction of sp³-hybridized carbons (Fsp3) is 0.647. The number of amides is 2. The molecule has 2 saturated heterocycles. The second-order valence-electron chi connectivity index (χ2n) is 7.12. The smallest absolute Gasteiger partial charge is 0.270 e. The van der Waals surface area contributed by atoms with Gasteiger partial charge >= 0.3 is 0 Å². The van der Waals surface area contributed by atoms with Crippen LogP contribution >= 0.6 is 0 Å². The summed E-state index contributed by atoms with van der Waals surface area (Å²) in [5.41, 5.74) is 0.468. The van der Waals surface area contributed by atoms with E-state index in [-0.39, 0.29) is 17.2 Å². The van der Waals surface area contributed by atoms with Crippen molar-refractivity contribution in [2.24, 2.45) is 5.41 Å². The number of hydrogen-bond donors (Lipinski definition) is 0. The van der Waals surface area contributed by atoms with Gasteiger partial charge in [0.05, 0.1) is 5.41 Å². The van der Waals surface area contributed by atoms with Crippen molar-refractivity contribution in [1.82, 2.24) is 14.4 Å². The van der Waals surface area contributed by atoms with Gasteiger partial charge in [0.15, 0.2) is 0 Å². The summed E-state index contributed by atoms with van der Waals surface area (Å²) in [6, 6.07) is 4.38. The molecule has 1 saturated carbocycles. The topological polar surface area (TPSA) is 45.5 Å². The molecule has 5 nitrogen and oxygen atoms in total. The molecule has 2 aliphatic heterocycles. The Morgan fingerprint density at radius 3 is 2.86 bits per heavy atom. The maximum atomic E-state index is 12.9. The van der Waals surface area contributed by atoms with E-state index in [4.69, 9.17) is 0 Å². The average Bonchev–Trinajstić information content (AvgIpc) is 3.09. The zero-order valence-corrected chi connectivity index (χ0v) is 13.1. The molecule has 2 amide bonds. The van der Waals surface area contributed by atoms with E-state index >= 15 is 0 Å². The Hall–Kier alpha value is -1.78. The molecular weight excluding hydrogens is 278 g/mol. The highest BCUT2D eigenvalue weighted by atomic mass is 16.2. The van der Waals surface area contributed by atoms with Gasteiger partial charge in [0, 0.05) is 38.9 Å². The van der Waals surface area contributed by atoms with Gasteiger partial charge in [-0.25, -0.2) is 0 Å². The van der Waals surface area contributed by atoms with Gasteiger partial charge in [-0.15, -0.1) is 0 Å². The molecule has 1 aliphatic carbocycles. The third-order valence-corrected chi connectivity index (χ3v) is 5.53. The van der Waals surface area contributed by atoms with Gasteiger partial charge in [-0.3, -0.25) is 9.59 Å². The molecule has 1 atom stereocenters. The number of likely N-dealkylation sites (tertiary alicyclic amines) is 2. The highest BCUT2D eigenvalue weighted by Crippen LogP contribution is 2.41. The van der Waals surface area contributed by atoms with Crippen LogP contribution in [0.4, 0.5) is 0 Å². The normalized spacial score (nSPS) is 28.7. The lowest BCUT2D eigenvalue weighted by molar-refractivity contribution is -0.143. The first-order chi connectivity index (χ1) is 10.6. The van der Waals surface area contributed by atoms with E-state index in [0.717, 1.165) is 31.5 Å². The number of nitrogens with zero attached hydrogens (tertiary/aromatic N) is 3. The first kappa shape index (κ1) is 13.9. The summed E-state index contributed by atoms with van der Waals surface area (Å²) in [5, 5.41) is 0. The van der Waals surface area contributed by atoms with Crippen LogP contribution < -0.4 is 0 Å². The minimum Gasteiger partial charge on any atom is -0.345 e. The van der Waals surface area contributed by atoms with Gasteiger partial charge in [0.25, 0.3) is 5.91 Å². The molecule has 0 aromatic carbocycles. The van der Waals surface area contributed by atoms with Crippen molar-refractivity contribution in [2.45, 2.75) is 38.1 Å². The van der Waals surface area contributed by atoms with Crippen LogP contribution in [0.1, 0.15) is 48.6 Å². The molecule has 1 aromatic heterocycles. The predicted octanol–water partition coefficient (Wildman–Crippen LogP) is 1.91. The van der Waals surface area contributed by atoms with Crippen molar-refractivity contribution in [3.8, 4) is 0 Å². The lowest BCUT2D eigenvalue weighted by Crippen LogP contribution is -2.48. The predicted molar refractivity (Wildman–Crippen MR) is 82.5 cm³/mol. The number of hydrogen-bond acceptors (Lipinski definition) is 2. The van der Waals surface area contributed by atoms with Gasteiger partial charge in [-0.1, -0.05) is 0 Å². The van der Waals surface area contributed by atoms with E-state index < -0.39 is 0 Å². The summed E-state index contributed by atoms with van der Waals surface area (Å²) < 4.78 is 2.11. The molecule has 4 rings (SSSR count). The molecule has 0 N–H and O–H groups in total. The van der Waals surface area contributed by atoms with Crippen molar-refractivity contribution in [3.63, 3.8) is 0 Å². The van der Waals surface area contributed by atoms with Crippen LogP contribution in [0.25, 0.3) is 0 Å². The number of piperidine rings is 1. The molecule has 3 fully saturated rings. The minimum atomic E-state index is -0.320. The molecule has 0 bridgehead atoms. The molecule has 3 aliphatic rings. The average molecular weight is 301 g/mol. The van der Waals surface area contributed by atoms with Crippen molar-refractivity contribution in [3.05, 3.63) is 24.0 Å². The summed E-state index contributed by atoms with van der Waals surface area (Å²) in [6.07, 6.45) is 7.12. The SMILES string of the molecule is CN1CCC[C@@]2(CCN(C(=O)c3cccn3C3CC3)C2)C1=O. The van der Waals surface area contributed by atoms with Gasteiger partial charge in [-0.2, -0.15) is 0 Å². The Bertz CT molecular complexity index is 619. The maximum absolute atomic E-state index is 12.9. The van der Waals surface area contributed by atoms with Crippen molar-refractivity contribution >= 4 is 11.8 Å². The first-order valence-corrected chi connectivity index (χ1v) is 8.32. The zero-order valence-electron chi connectivity index (χ0n) is 13.1. The Morgan fingerprint density at radius 1 is 1.27 bits per heavy atom. The van der Waals surface area contributed by atoms with Crippen LogP contribution in [0.5, 0.6) is 0 Å². The van der Waals surface area contributed by atoms with Crippen molar-refractivity contribution in [1.29, 1.82) is 0 Å². The van der Waals surface area contributed by atoms with Crippen LogP contribution in [-0.2, 0) is 4.79 Å². The standard InChI is InChI=1S/C17H23N3O2/c1-18-9-3-7-17(16(18)22)8-11-19(12-17)15(21)14-4-2-10-20(14)13-5-6-13/h2,4,10,13H,3,5-9,11-12H2,1H3/t17-/m0/s1. The van der Waals surface area contributed by atoms with Crippen LogP contribution in [0.2, 0.25) is 0 Å². The van der Waals surface area contributed by atoms with E-state index in [0.29, 0.717) is 19.1 Å². The molecule has 1 aromatic rings. The Balaban J connectivity index is 1.53. The lowest BCUT2D eigenvalue weighted by Gasteiger charge is -2.37. The fourth-order valence-corrected chi connectivity index (χ4v) is 4.10. The number of carbonyl (C=O) groups excluding carboxylic acids is 2. The molecule has 3 heterocycles. The summed E-state index contributed by atoms with van der Waals surface area (Å²) in [5.74, 6) is 0.321. The summed E-state index contributed by atoms with van der Waals surface area (Å²) >= 11 is 0. The Morgan fingerprint density at radius 2 is 2.09 bits per heavy atom. The third kappa shape index (κ3) is 2.06. The quantitative estimate of drug-likeness (QED) is 0.837. The largest absolute Gasteiger partial charge is 0.345 e. The second-order valence-corrected chi connectivity index (χ2v) is 7.12. The van der Waals surface area contributed by atoms with E-state index in [9.17, 15) is 9.59 Å². The van der Waals surface area contributed by atoms with Crippen LogP contribution in [-0.4, -0.2) is 52.9 Å². The van der Waals surface area contributed by atoms with Crippen LogP contribution in [0.3, 0.4) is 0 Å². The zero-order chi connectivity index (χ0) is 15.3. The minimum absolute atomic E-state index is 0.0924. The van der Waals surface area contributed by atoms with Crippen LogP contribution in [0, 0.1) is 5.41 Å². The summed E-state index contributed by atoms with van der Waals surface area (Å²) in [6.45, 7) is 2.14. The van der Waals surface area contributed by atoms with Gasteiger partial charge in [-0.05, 0) is 44.2 Å². The molecule has 0 radical (unpaired) electrons. The van der Waals surface area contributed by atoms with Crippen molar-refractivity contribution < 1.29 is 9.59 Å².